The summed E-state index contributed by atoms with van der Waals surface area (Å²) in [6.07, 6.45) is 0. The molecule has 1 aromatic rings. The van der Waals surface area contributed by atoms with Crippen molar-refractivity contribution in [2.45, 2.75) is 12.3 Å². The fourth-order valence-corrected chi connectivity index (χ4v) is 2.15. The Morgan fingerprint density at radius 2 is 2.06 bits per heavy atom. The van der Waals surface area contributed by atoms with Crippen LogP contribution in [0.4, 0.5) is 5.69 Å². The lowest BCUT2D eigenvalue weighted by Crippen LogP contribution is -2.27. The van der Waals surface area contributed by atoms with Crippen molar-refractivity contribution >= 4 is 23.2 Å². The summed E-state index contributed by atoms with van der Waals surface area (Å²) in [5.74, 6) is -0.292. The van der Waals surface area contributed by atoms with Gasteiger partial charge in [0.05, 0.1) is 0 Å². The number of carbonyl (C=O) groups is 1. The standard InChI is InChI=1S/C12H14ClNO2/c1-8-2-4-10(5-3-8)14-6-9(7-15)11(13)12(14)16/h2-5,9,11,15H,6-7H2,1H3/t9-,11+/m1/s1. The second-order valence-electron chi connectivity index (χ2n) is 4.13. The topological polar surface area (TPSA) is 40.5 Å². The largest absolute Gasteiger partial charge is 0.396 e. The van der Waals surface area contributed by atoms with Crippen LogP contribution in [-0.2, 0) is 4.79 Å². The molecule has 2 rings (SSSR count). The molecule has 0 aromatic heterocycles. The molecular formula is C12H14ClNO2. The van der Waals surface area contributed by atoms with Gasteiger partial charge in [-0.15, -0.1) is 11.6 Å². The second-order valence-corrected chi connectivity index (χ2v) is 4.60. The van der Waals surface area contributed by atoms with E-state index in [0.717, 1.165) is 11.3 Å². The van der Waals surface area contributed by atoms with Crippen LogP contribution in [0.15, 0.2) is 24.3 Å². The first-order valence-corrected chi connectivity index (χ1v) is 5.70. The van der Waals surface area contributed by atoms with Gasteiger partial charge in [-0.25, -0.2) is 0 Å². The minimum Gasteiger partial charge on any atom is -0.396 e. The van der Waals surface area contributed by atoms with Crippen LogP contribution < -0.4 is 4.90 Å². The summed E-state index contributed by atoms with van der Waals surface area (Å²) in [5.41, 5.74) is 1.99. The maximum absolute atomic E-state index is 11.8. The third-order valence-corrected chi connectivity index (χ3v) is 3.46. The maximum Gasteiger partial charge on any atom is 0.245 e. The average molecular weight is 240 g/mol. The first-order valence-electron chi connectivity index (χ1n) is 5.26. The number of aryl methyl sites for hydroxylation is 1. The first-order chi connectivity index (χ1) is 7.63. The van der Waals surface area contributed by atoms with Crippen molar-refractivity contribution in [1.82, 2.24) is 0 Å². The Labute approximate surface area is 99.6 Å². The van der Waals surface area contributed by atoms with Gasteiger partial charge in [-0.1, -0.05) is 17.7 Å². The molecule has 1 aliphatic heterocycles. The van der Waals surface area contributed by atoms with E-state index in [2.05, 4.69) is 0 Å². The van der Waals surface area contributed by atoms with Crippen molar-refractivity contribution in [2.75, 3.05) is 18.1 Å². The minimum absolute atomic E-state index is 0.0533. The van der Waals surface area contributed by atoms with Gasteiger partial charge in [-0.3, -0.25) is 4.79 Å². The molecule has 0 aliphatic carbocycles. The lowest BCUT2D eigenvalue weighted by molar-refractivity contribution is -0.117. The molecule has 1 fully saturated rings. The third-order valence-electron chi connectivity index (χ3n) is 2.91. The number of amides is 1. The molecule has 0 bridgehead atoms. The van der Waals surface area contributed by atoms with Crippen LogP contribution in [-0.4, -0.2) is 29.5 Å². The van der Waals surface area contributed by atoms with Crippen LogP contribution in [0.1, 0.15) is 5.56 Å². The number of aliphatic hydroxyl groups is 1. The maximum atomic E-state index is 11.8. The highest BCUT2D eigenvalue weighted by molar-refractivity contribution is 6.34. The summed E-state index contributed by atoms with van der Waals surface area (Å²) in [5, 5.41) is 8.49. The Morgan fingerprint density at radius 3 is 2.56 bits per heavy atom. The van der Waals surface area contributed by atoms with E-state index in [1.165, 1.54) is 0 Å². The van der Waals surface area contributed by atoms with Crippen molar-refractivity contribution in [3.05, 3.63) is 29.8 Å². The lowest BCUT2D eigenvalue weighted by atomic mass is 10.1. The summed E-state index contributed by atoms with van der Waals surface area (Å²) in [4.78, 5) is 13.5. The second kappa shape index (κ2) is 4.44. The van der Waals surface area contributed by atoms with Crippen LogP contribution in [0.5, 0.6) is 0 Å². The minimum atomic E-state index is -0.605. The number of hydrogen-bond donors (Lipinski definition) is 1. The number of nitrogens with zero attached hydrogens (tertiary/aromatic N) is 1. The smallest absolute Gasteiger partial charge is 0.245 e. The van der Waals surface area contributed by atoms with Crippen LogP contribution in [0.25, 0.3) is 0 Å². The summed E-state index contributed by atoms with van der Waals surface area (Å²) >= 11 is 5.95. The lowest BCUT2D eigenvalue weighted by Gasteiger charge is -2.16. The molecule has 1 heterocycles. The van der Waals surface area contributed by atoms with Crippen LogP contribution >= 0.6 is 11.6 Å². The third kappa shape index (κ3) is 1.93. The molecule has 1 aromatic carbocycles. The number of hydrogen-bond acceptors (Lipinski definition) is 2. The average Bonchev–Trinajstić information content (AvgIpc) is 2.57. The van der Waals surface area contributed by atoms with Crippen LogP contribution in [0.2, 0.25) is 0 Å². The van der Waals surface area contributed by atoms with Gasteiger partial charge in [0.25, 0.3) is 0 Å². The van der Waals surface area contributed by atoms with E-state index in [-0.39, 0.29) is 18.4 Å². The number of anilines is 1. The molecule has 0 saturated carbocycles. The number of carbonyl (C=O) groups excluding carboxylic acids is 1. The fourth-order valence-electron chi connectivity index (χ4n) is 1.88. The quantitative estimate of drug-likeness (QED) is 0.796. The van der Waals surface area contributed by atoms with Gasteiger partial charge in [-0.05, 0) is 19.1 Å². The van der Waals surface area contributed by atoms with Gasteiger partial charge in [0.2, 0.25) is 5.91 Å². The highest BCUT2D eigenvalue weighted by atomic mass is 35.5. The zero-order valence-electron chi connectivity index (χ0n) is 9.06. The van der Waals surface area contributed by atoms with Crippen molar-refractivity contribution in [3.8, 4) is 0 Å². The van der Waals surface area contributed by atoms with E-state index < -0.39 is 5.38 Å². The Kier molecular flexibility index (Phi) is 3.17. The van der Waals surface area contributed by atoms with Gasteiger partial charge in [0, 0.05) is 24.8 Å². The molecule has 1 aliphatic rings. The Bertz CT molecular complexity index is 391. The molecular weight excluding hydrogens is 226 g/mol. The van der Waals surface area contributed by atoms with E-state index in [4.69, 9.17) is 16.7 Å². The molecule has 0 spiro atoms. The predicted molar refractivity (Wildman–Crippen MR) is 63.7 cm³/mol. The number of aliphatic hydroxyl groups excluding tert-OH is 1. The van der Waals surface area contributed by atoms with Crippen molar-refractivity contribution in [3.63, 3.8) is 0 Å². The summed E-state index contributed by atoms with van der Waals surface area (Å²) in [7, 11) is 0. The molecule has 0 radical (unpaired) electrons. The Hall–Kier alpha value is -1.06. The number of benzene rings is 1. The Balaban J connectivity index is 2.23. The van der Waals surface area contributed by atoms with Crippen LogP contribution in [0.3, 0.4) is 0 Å². The molecule has 0 unspecified atom stereocenters. The summed E-state index contributed by atoms with van der Waals surface area (Å²) < 4.78 is 0. The molecule has 1 saturated heterocycles. The number of halogens is 1. The fraction of sp³-hybridized carbons (Fsp3) is 0.417. The molecule has 3 nitrogen and oxygen atoms in total. The molecule has 2 atom stereocenters. The molecule has 16 heavy (non-hydrogen) atoms. The highest BCUT2D eigenvalue weighted by Gasteiger charge is 2.39. The number of alkyl halides is 1. The molecule has 1 amide bonds. The zero-order chi connectivity index (χ0) is 11.7. The van der Waals surface area contributed by atoms with E-state index in [1.807, 2.05) is 31.2 Å². The first kappa shape index (κ1) is 11.4. The van der Waals surface area contributed by atoms with Crippen molar-refractivity contribution in [1.29, 1.82) is 0 Å². The van der Waals surface area contributed by atoms with Gasteiger partial charge >= 0.3 is 0 Å². The highest BCUT2D eigenvalue weighted by Crippen LogP contribution is 2.28. The van der Waals surface area contributed by atoms with Gasteiger partial charge < -0.3 is 10.0 Å². The molecule has 1 N–H and O–H groups in total. The Morgan fingerprint density at radius 1 is 1.44 bits per heavy atom. The predicted octanol–water partition coefficient (Wildman–Crippen LogP) is 1.56. The van der Waals surface area contributed by atoms with Gasteiger partial charge in [0.15, 0.2) is 0 Å². The number of rotatable bonds is 2. The van der Waals surface area contributed by atoms with E-state index in [9.17, 15) is 4.79 Å². The SMILES string of the molecule is Cc1ccc(N2C[C@H](CO)[C@H](Cl)C2=O)cc1. The zero-order valence-corrected chi connectivity index (χ0v) is 9.81. The monoisotopic (exact) mass is 239 g/mol. The van der Waals surface area contributed by atoms with Gasteiger partial charge in [-0.2, -0.15) is 0 Å². The van der Waals surface area contributed by atoms with E-state index in [1.54, 1.807) is 4.90 Å². The molecule has 86 valence electrons. The van der Waals surface area contributed by atoms with Crippen molar-refractivity contribution in [2.24, 2.45) is 5.92 Å². The van der Waals surface area contributed by atoms with Gasteiger partial charge in [0.1, 0.15) is 5.38 Å². The van der Waals surface area contributed by atoms with E-state index >= 15 is 0 Å². The summed E-state index contributed by atoms with van der Waals surface area (Å²) in [6.45, 7) is 2.44. The normalized spacial score (nSPS) is 25.2. The molecule has 4 heteroatoms. The van der Waals surface area contributed by atoms with E-state index in [0.29, 0.717) is 6.54 Å². The van der Waals surface area contributed by atoms with Crippen molar-refractivity contribution < 1.29 is 9.90 Å². The van der Waals surface area contributed by atoms with Crippen LogP contribution in [0, 0.1) is 12.8 Å². The summed E-state index contributed by atoms with van der Waals surface area (Å²) in [6, 6.07) is 7.71.